The van der Waals surface area contributed by atoms with Gasteiger partial charge in [0, 0.05) is 45.5 Å². The van der Waals surface area contributed by atoms with E-state index < -0.39 is 0 Å². The van der Waals surface area contributed by atoms with Crippen molar-refractivity contribution in [3.63, 3.8) is 0 Å². The number of benzene rings is 1. The Labute approximate surface area is 174 Å². The summed E-state index contributed by atoms with van der Waals surface area (Å²) >= 11 is 0. The van der Waals surface area contributed by atoms with Gasteiger partial charge in [0.05, 0.1) is 23.0 Å². The van der Waals surface area contributed by atoms with Gasteiger partial charge in [-0.05, 0) is 42.7 Å². The van der Waals surface area contributed by atoms with E-state index in [9.17, 15) is 9.18 Å². The first-order valence-electron chi connectivity index (χ1n) is 10.4. The number of piperazine rings is 1. The quantitative estimate of drug-likeness (QED) is 0.843. The molecule has 8 heteroatoms. The SMILES string of the molecule is N#Cc1ccc(N2CCN(Cc3cnc4c(c3)NC(=O)C3CCCN43)CC2)c(F)c1. The van der Waals surface area contributed by atoms with Crippen molar-refractivity contribution in [3.05, 3.63) is 47.4 Å². The average molecular weight is 406 g/mol. The van der Waals surface area contributed by atoms with Crippen LogP contribution >= 0.6 is 0 Å². The minimum Gasteiger partial charge on any atom is -0.367 e. The second kappa shape index (κ2) is 7.58. The van der Waals surface area contributed by atoms with E-state index in [0.717, 1.165) is 56.1 Å². The second-order valence-corrected chi connectivity index (χ2v) is 8.10. The summed E-state index contributed by atoms with van der Waals surface area (Å²) in [5, 5.41) is 11.9. The minimum atomic E-state index is -0.350. The van der Waals surface area contributed by atoms with Crippen LogP contribution < -0.4 is 15.1 Å². The number of aromatic nitrogens is 1. The maximum atomic E-state index is 14.3. The Bertz CT molecular complexity index is 1030. The molecule has 5 rings (SSSR count). The fourth-order valence-corrected chi connectivity index (χ4v) is 4.65. The number of hydrogen-bond donors (Lipinski definition) is 1. The van der Waals surface area contributed by atoms with E-state index in [1.807, 2.05) is 23.2 Å². The molecule has 154 valence electrons. The lowest BCUT2D eigenvalue weighted by atomic mass is 10.1. The normalized spacial score (nSPS) is 21.1. The zero-order valence-corrected chi connectivity index (χ0v) is 16.6. The molecular formula is C22H23FN6O. The van der Waals surface area contributed by atoms with E-state index in [4.69, 9.17) is 5.26 Å². The first-order valence-corrected chi connectivity index (χ1v) is 10.4. The molecule has 0 bridgehead atoms. The van der Waals surface area contributed by atoms with E-state index >= 15 is 0 Å². The number of carbonyl (C=O) groups is 1. The molecule has 0 saturated carbocycles. The van der Waals surface area contributed by atoms with Gasteiger partial charge in [0.25, 0.3) is 0 Å². The second-order valence-electron chi connectivity index (χ2n) is 8.10. The summed E-state index contributed by atoms with van der Waals surface area (Å²) in [6, 6.07) is 8.55. The number of rotatable bonds is 3. The van der Waals surface area contributed by atoms with E-state index in [2.05, 4.69) is 20.1 Å². The molecule has 2 saturated heterocycles. The van der Waals surface area contributed by atoms with Crippen LogP contribution in [-0.4, -0.2) is 54.6 Å². The molecule has 1 unspecified atom stereocenters. The molecule has 1 atom stereocenters. The number of fused-ring (bicyclic) bond motifs is 3. The van der Waals surface area contributed by atoms with Crippen molar-refractivity contribution < 1.29 is 9.18 Å². The van der Waals surface area contributed by atoms with E-state index in [1.165, 1.54) is 6.07 Å². The molecule has 7 nitrogen and oxygen atoms in total. The molecule has 1 N–H and O–H groups in total. The zero-order chi connectivity index (χ0) is 20.7. The maximum Gasteiger partial charge on any atom is 0.247 e. The van der Waals surface area contributed by atoms with Crippen LogP contribution in [0.4, 0.5) is 21.6 Å². The van der Waals surface area contributed by atoms with Gasteiger partial charge in [-0.2, -0.15) is 5.26 Å². The average Bonchev–Trinajstić information content (AvgIpc) is 3.25. The number of amides is 1. The number of nitrogens with one attached hydrogen (secondary N) is 1. The molecular weight excluding hydrogens is 383 g/mol. The van der Waals surface area contributed by atoms with Crippen molar-refractivity contribution in [2.45, 2.75) is 25.4 Å². The number of pyridine rings is 1. The largest absolute Gasteiger partial charge is 0.367 e. The Morgan fingerprint density at radius 1 is 1.20 bits per heavy atom. The monoisotopic (exact) mass is 406 g/mol. The Balaban J connectivity index is 1.24. The lowest BCUT2D eigenvalue weighted by molar-refractivity contribution is -0.117. The van der Waals surface area contributed by atoms with Gasteiger partial charge in [-0.3, -0.25) is 9.69 Å². The number of hydrogen-bond acceptors (Lipinski definition) is 6. The highest BCUT2D eigenvalue weighted by atomic mass is 19.1. The standard InChI is InChI=1S/C22H23FN6O/c23-17-10-15(12-24)3-4-19(17)28-8-6-27(7-9-28)14-16-11-18-21(25-13-16)29-5-1-2-20(29)22(30)26-18/h3-4,10-11,13,20H,1-2,5-9,14H2,(H,26,30). The number of anilines is 3. The van der Waals surface area contributed by atoms with E-state index in [0.29, 0.717) is 24.3 Å². The van der Waals surface area contributed by atoms with Crippen molar-refractivity contribution in [2.75, 3.05) is 47.8 Å². The summed E-state index contributed by atoms with van der Waals surface area (Å²) in [5.41, 5.74) is 2.74. The molecule has 1 aromatic carbocycles. The molecule has 4 heterocycles. The lowest BCUT2D eigenvalue weighted by Gasteiger charge is -2.36. The number of halogens is 1. The van der Waals surface area contributed by atoms with Crippen LogP contribution in [0.5, 0.6) is 0 Å². The van der Waals surface area contributed by atoms with E-state index in [1.54, 1.807) is 12.1 Å². The summed E-state index contributed by atoms with van der Waals surface area (Å²) in [5.74, 6) is 0.594. The van der Waals surface area contributed by atoms with Gasteiger partial charge in [-0.25, -0.2) is 9.37 Å². The summed E-state index contributed by atoms with van der Waals surface area (Å²) in [7, 11) is 0. The first kappa shape index (κ1) is 18.8. The van der Waals surface area contributed by atoms with Gasteiger partial charge < -0.3 is 15.1 Å². The molecule has 0 spiro atoms. The van der Waals surface area contributed by atoms with Crippen molar-refractivity contribution >= 4 is 23.1 Å². The van der Waals surface area contributed by atoms with Gasteiger partial charge in [0.1, 0.15) is 11.9 Å². The Morgan fingerprint density at radius 2 is 2.03 bits per heavy atom. The third-order valence-corrected chi connectivity index (χ3v) is 6.20. The fourth-order valence-electron chi connectivity index (χ4n) is 4.65. The zero-order valence-electron chi connectivity index (χ0n) is 16.6. The number of carbonyl (C=O) groups excluding carboxylic acids is 1. The van der Waals surface area contributed by atoms with E-state index in [-0.39, 0.29) is 17.8 Å². The predicted octanol–water partition coefficient (Wildman–Crippen LogP) is 2.34. The smallest absolute Gasteiger partial charge is 0.247 e. The third kappa shape index (κ3) is 3.35. The Hall–Kier alpha value is -3.18. The molecule has 3 aliphatic heterocycles. The van der Waals surface area contributed by atoms with Gasteiger partial charge in [0.2, 0.25) is 5.91 Å². The van der Waals surface area contributed by atoms with Gasteiger partial charge in [-0.15, -0.1) is 0 Å². The molecule has 3 aliphatic rings. The number of nitrogens with zero attached hydrogens (tertiary/aromatic N) is 5. The molecule has 1 amide bonds. The molecule has 1 aromatic heterocycles. The maximum absolute atomic E-state index is 14.3. The van der Waals surface area contributed by atoms with Crippen molar-refractivity contribution in [2.24, 2.45) is 0 Å². The predicted molar refractivity (Wildman–Crippen MR) is 112 cm³/mol. The Morgan fingerprint density at radius 3 is 2.80 bits per heavy atom. The summed E-state index contributed by atoms with van der Waals surface area (Å²) in [6.07, 6.45) is 3.81. The van der Waals surface area contributed by atoms with Gasteiger partial charge in [-0.1, -0.05) is 0 Å². The van der Waals surface area contributed by atoms with Crippen LogP contribution in [0.3, 0.4) is 0 Å². The van der Waals surface area contributed by atoms with Crippen LogP contribution in [0.25, 0.3) is 0 Å². The highest BCUT2D eigenvalue weighted by Gasteiger charge is 2.37. The fraction of sp³-hybridized carbons (Fsp3) is 0.409. The molecule has 0 radical (unpaired) electrons. The van der Waals surface area contributed by atoms with Crippen LogP contribution in [0.15, 0.2) is 30.5 Å². The molecule has 2 aromatic rings. The summed E-state index contributed by atoms with van der Waals surface area (Å²) in [6.45, 7) is 4.66. The third-order valence-electron chi connectivity index (χ3n) is 6.20. The van der Waals surface area contributed by atoms with Gasteiger partial charge in [0.15, 0.2) is 5.82 Å². The first-order chi connectivity index (χ1) is 14.6. The highest BCUT2D eigenvalue weighted by molar-refractivity contribution is 6.03. The van der Waals surface area contributed by atoms with Gasteiger partial charge >= 0.3 is 0 Å². The Kier molecular flexibility index (Phi) is 4.75. The number of nitriles is 1. The van der Waals surface area contributed by atoms with Crippen LogP contribution in [0.1, 0.15) is 24.0 Å². The summed E-state index contributed by atoms with van der Waals surface area (Å²) < 4.78 is 14.3. The molecule has 0 aliphatic carbocycles. The van der Waals surface area contributed by atoms with Crippen LogP contribution in [-0.2, 0) is 11.3 Å². The topological polar surface area (TPSA) is 75.5 Å². The van der Waals surface area contributed by atoms with Crippen LogP contribution in [0, 0.1) is 17.1 Å². The summed E-state index contributed by atoms with van der Waals surface area (Å²) in [4.78, 5) is 23.4. The van der Waals surface area contributed by atoms with Crippen LogP contribution in [0.2, 0.25) is 0 Å². The molecule has 2 fully saturated rings. The van der Waals surface area contributed by atoms with Crippen molar-refractivity contribution in [1.29, 1.82) is 5.26 Å². The van der Waals surface area contributed by atoms with Crippen molar-refractivity contribution in [1.82, 2.24) is 9.88 Å². The highest BCUT2D eigenvalue weighted by Crippen LogP contribution is 2.35. The lowest BCUT2D eigenvalue weighted by Crippen LogP contribution is -2.46. The van der Waals surface area contributed by atoms with Crippen molar-refractivity contribution in [3.8, 4) is 6.07 Å². The minimum absolute atomic E-state index is 0.0667. The molecule has 30 heavy (non-hydrogen) atoms.